The molecule has 0 saturated carbocycles. The maximum atomic E-state index is 12.8. The van der Waals surface area contributed by atoms with Crippen LogP contribution in [0.3, 0.4) is 0 Å². The molecular weight excluding hydrogens is 432 g/mol. The van der Waals surface area contributed by atoms with E-state index in [4.69, 9.17) is 16.3 Å². The number of thiophene rings is 1. The van der Waals surface area contributed by atoms with Gasteiger partial charge in [-0.3, -0.25) is 4.98 Å². The largest absolute Gasteiger partial charge is 0.379 e. The summed E-state index contributed by atoms with van der Waals surface area (Å²) in [6.45, 7) is 1.93. The molecule has 1 fully saturated rings. The van der Waals surface area contributed by atoms with Crippen molar-refractivity contribution in [2.24, 2.45) is 0 Å². The molecule has 0 bridgehead atoms. The first kappa shape index (κ1) is 20.1. The van der Waals surface area contributed by atoms with E-state index in [9.17, 15) is 13.7 Å². The van der Waals surface area contributed by atoms with E-state index in [1.807, 2.05) is 0 Å². The highest BCUT2D eigenvalue weighted by molar-refractivity contribution is 7.91. The van der Waals surface area contributed by atoms with Crippen molar-refractivity contribution in [2.75, 3.05) is 31.6 Å². The van der Waals surface area contributed by atoms with Gasteiger partial charge < -0.3 is 10.1 Å². The number of fused-ring (bicyclic) bond motifs is 1. The average Bonchev–Trinajstić information content (AvgIpc) is 3.22. The number of sulfonamides is 1. The summed E-state index contributed by atoms with van der Waals surface area (Å²) in [6.07, 6.45) is 1.52. The molecule has 1 aromatic carbocycles. The van der Waals surface area contributed by atoms with Crippen LogP contribution in [0.1, 0.15) is 10.4 Å². The molecule has 0 unspecified atom stereocenters. The molecule has 7 nitrogen and oxygen atoms in total. The normalized spacial score (nSPS) is 15.3. The van der Waals surface area contributed by atoms with Gasteiger partial charge in [-0.15, -0.1) is 11.3 Å². The number of morpholine rings is 1. The number of hydrogen-bond donors (Lipinski definition) is 1. The minimum atomic E-state index is -3.51. The van der Waals surface area contributed by atoms with Crippen LogP contribution in [0.2, 0.25) is 5.02 Å². The van der Waals surface area contributed by atoms with Crippen LogP contribution in [0.25, 0.3) is 10.9 Å². The standard InChI is InChI=1S/C19H17ClN4O3S2/c20-14-1-3-17-16(9-14)19(13(10-21)11-22-17)23-12-15-2-4-18(28-15)29(25,26)24-5-7-27-8-6-24/h1-4,9,11H,5-8,12H2,(H,22,23). The Morgan fingerprint density at radius 3 is 2.83 bits per heavy atom. The van der Waals surface area contributed by atoms with Gasteiger partial charge in [0, 0.05) is 41.1 Å². The maximum absolute atomic E-state index is 12.8. The number of nitrogens with zero attached hydrogens (tertiary/aromatic N) is 3. The molecule has 1 aliphatic rings. The lowest BCUT2D eigenvalue weighted by Crippen LogP contribution is -2.40. The Morgan fingerprint density at radius 2 is 2.07 bits per heavy atom. The monoisotopic (exact) mass is 448 g/mol. The number of benzene rings is 1. The number of ether oxygens (including phenoxy) is 1. The Labute approximate surface area is 177 Å². The summed E-state index contributed by atoms with van der Waals surface area (Å²) in [4.78, 5) is 5.12. The van der Waals surface area contributed by atoms with Gasteiger partial charge in [0.05, 0.1) is 30.0 Å². The zero-order chi connectivity index (χ0) is 20.4. The maximum Gasteiger partial charge on any atom is 0.252 e. The van der Waals surface area contributed by atoms with E-state index in [1.54, 1.807) is 30.3 Å². The minimum absolute atomic E-state index is 0.305. The van der Waals surface area contributed by atoms with Crippen molar-refractivity contribution in [3.05, 3.63) is 52.0 Å². The highest BCUT2D eigenvalue weighted by Gasteiger charge is 2.27. The van der Waals surface area contributed by atoms with Crippen molar-refractivity contribution in [3.63, 3.8) is 0 Å². The molecule has 0 amide bonds. The highest BCUT2D eigenvalue weighted by Crippen LogP contribution is 2.30. The molecule has 0 spiro atoms. The molecule has 3 heterocycles. The van der Waals surface area contributed by atoms with Gasteiger partial charge in [-0.2, -0.15) is 9.57 Å². The molecule has 150 valence electrons. The van der Waals surface area contributed by atoms with E-state index in [1.165, 1.54) is 21.8 Å². The van der Waals surface area contributed by atoms with Gasteiger partial charge in [-0.25, -0.2) is 8.42 Å². The van der Waals surface area contributed by atoms with Crippen molar-refractivity contribution in [1.29, 1.82) is 5.26 Å². The van der Waals surface area contributed by atoms with Crippen molar-refractivity contribution in [3.8, 4) is 6.07 Å². The van der Waals surface area contributed by atoms with Gasteiger partial charge >= 0.3 is 0 Å². The fraction of sp³-hybridized carbons (Fsp3) is 0.263. The lowest BCUT2D eigenvalue weighted by atomic mass is 10.1. The summed E-state index contributed by atoms with van der Waals surface area (Å²) in [5.74, 6) is 0. The van der Waals surface area contributed by atoms with E-state index in [-0.39, 0.29) is 0 Å². The minimum Gasteiger partial charge on any atom is -0.379 e. The van der Waals surface area contributed by atoms with Crippen LogP contribution in [0.15, 0.2) is 40.7 Å². The number of halogens is 1. The van der Waals surface area contributed by atoms with E-state index in [0.29, 0.717) is 53.3 Å². The Balaban J connectivity index is 1.58. The van der Waals surface area contributed by atoms with Crippen LogP contribution in [-0.2, 0) is 21.3 Å². The van der Waals surface area contributed by atoms with Crippen LogP contribution < -0.4 is 5.32 Å². The molecule has 4 rings (SSSR count). The van der Waals surface area contributed by atoms with Crippen molar-refractivity contribution in [1.82, 2.24) is 9.29 Å². The third-order valence-electron chi connectivity index (χ3n) is 4.59. The van der Waals surface area contributed by atoms with Gasteiger partial charge in [-0.05, 0) is 30.3 Å². The summed E-state index contributed by atoms with van der Waals surface area (Å²) in [7, 11) is -3.51. The van der Waals surface area contributed by atoms with Crippen LogP contribution in [0, 0.1) is 11.3 Å². The molecule has 1 saturated heterocycles. The summed E-state index contributed by atoms with van der Waals surface area (Å²) >= 11 is 7.33. The van der Waals surface area contributed by atoms with E-state index < -0.39 is 10.0 Å². The molecule has 1 aliphatic heterocycles. The topological polar surface area (TPSA) is 95.3 Å². The number of anilines is 1. The Kier molecular flexibility index (Phi) is 5.72. The molecule has 1 N–H and O–H groups in total. The summed E-state index contributed by atoms with van der Waals surface area (Å²) in [6, 6.07) is 10.8. The Morgan fingerprint density at radius 1 is 1.28 bits per heavy atom. The highest BCUT2D eigenvalue weighted by atomic mass is 35.5. The smallest absolute Gasteiger partial charge is 0.252 e. The van der Waals surface area contributed by atoms with Gasteiger partial charge in [0.25, 0.3) is 10.0 Å². The second kappa shape index (κ2) is 8.26. The number of nitriles is 1. The Bertz CT molecular complexity index is 1200. The van der Waals surface area contributed by atoms with E-state index >= 15 is 0 Å². The first-order chi connectivity index (χ1) is 14.0. The van der Waals surface area contributed by atoms with Crippen LogP contribution in [0.5, 0.6) is 0 Å². The van der Waals surface area contributed by atoms with Gasteiger partial charge in [0.2, 0.25) is 0 Å². The summed E-state index contributed by atoms with van der Waals surface area (Å²) < 4.78 is 32.6. The average molecular weight is 449 g/mol. The van der Waals surface area contributed by atoms with Crippen LogP contribution in [-0.4, -0.2) is 44.0 Å². The number of pyridine rings is 1. The molecule has 0 atom stereocenters. The molecule has 10 heteroatoms. The zero-order valence-corrected chi connectivity index (χ0v) is 17.6. The van der Waals surface area contributed by atoms with Crippen molar-refractivity contribution in [2.45, 2.75) is 10.8 Å². The first-order valence-electron chi connectivity index (χ1n) is 8.88. The number of rotatable bonds is 5. The molecule has 0 aliphatic carbocycles. The second-order valence-corrected chi connectivity index (χ2v) is 10.2. The Hall–Kier alpha value is -2.22. The zero-order valence-electron chi connectivity index (χ0n) is 15.3. The van der Waals surface area contributed by atoms with Crippen LogP contribution in [0.4, 0.5) is 5.69 Å². The van der Waals surface area contributed by atoms with Gasteiger partial charge in [0.15, 0.2) is 0 Å². The van der Waals surface area contributed by atoms with Gasteiger partial charge in [-0.1, -0.05) is 11.6 Å². The SMILES string of the molecule is N#Cc1cnc2ccc(Cl)cc2c1NCc1ccc(S(=O)(=O)N2CCOCC2)s1. The third-order valence-corrected chi connectivity index (χ3v) is 8.28. The molecule has 3 aromatic rings. The van der Waals surface area contributed by atoms with Gasteiger partial charge in [0.1, 0.15) is 10.3 Å². The first-order valence-corrected chi connectivity index (χ1v) is 11.5. The van der Waals surface area contributed by atoms with E-state index in [0.717, 1.165) is 15.8 Å². The predicted molar refractivity (Wildman–Crippen MR) is 113 cm³/mol. The quantitative estimate of drug-likeness (QED) is 0.642. The predicted octanol–water partition coefficient (Wildman–Crippen LogP) is 3.45. The number of hydrogen-bond acceptors (Lipinski definition) is 7. The molecular formula is C19H17ClN4O3S2. The summed E-state index contributed by atoms with van der Waals surface area (Å²) in [5.41, 5.74) is 1.75. The fourth-order valence-corrected chi connectivity index (χ4v) is 6.15. The van der Waals surface area contributed by atoms with Crippen molar-refractivity contribution < 1.29 is 13.2 Å². The third kappa shape index (κ3) is 4.08. The molecule has 29 heavy (non-hydrogen) atoms. The lowest BCUT2D eigenvalue weighted by molar-refractivity contribution is 0.0731. The van der Waals surface area contributed by atoms with Crippen LogP contribution >= 0.6 is 22.9 Å². The van der Waals surface area contributed by atoms with E-state index in [2.05, 4.69) is 16.4 Å². The summed E-state index contributed by atoms with van der Waals surface area (Å²) in [5, 5.41) is 14.0. The lowest BCUT2D eigenvalue weighted by Gasteiger charge is -2.25. The molecule has 2 aromatic heterocycles. The van der Waals surface area contributed by atoms with Crippen molar-refractivity contribution >= 4 is 49.6 Å². The number of nitrogens with one attached hydrogen (secondary N) is 1. The number of aromatic nitrogens is 1. The fourth-order valence-electron chi connectivity index (χ4n) is 3.12. The second-order valence-electron chi connectivity index (χ2n) is 6.41. The molecule has 0 radical (unpaired) electrons.